The topological polar surface area (TPSA) is 9.23 Å². The van der Waals surface area contributed by atoms with Crippen LogP contribution in [0.25, 0.3) is 0 Å². The molecule has 112 valence electrons. The molecule has 20 heavy (non-hydrogen) atoms. The summed E-state index contributed by atoms with van der Waals surface area (Å²) in [5, 5.41) is 0. The van der Waals surface area contributed by atoms with Gasteiger partial charge in [-0.15, -0.1) is 0 Å². The fourth-order valence-electron chi connectivity index (χ4n) is 3.21. The normalized spacial score (nSPS) is 17.4. The van der Waals surface area contributed by atoms with Crippen molar-refractivity contribution in [3.63, 3.8) is 0 Å². The molecule has 0 N–H and O–H groups in total. The van der Waals surface area contributed by atoms with E-state index in [9.17, 15) is 0 Å². The highest BCUT2D eigenvalue weighted by Crippen LogP contribution is 2.26. The Labute approximate surface area is 124 Å². The maximum absolute atomic E-state index is 5.72. The second-order valence-electron chi connectivity index (χ2n) is 6.25. The third-order valence-electron chi connectivity index (χ3n) is 4.44. The number of benzene rings is 1. The molecule has 0 atom stereocenters. The molecule has 1 nitrogen and oxygen atoms in total. The molecule has 1 heteroatoms. The Balaban J connectivity index is 1.79. The average molecular weight is 274 g/mol. The number of aryl methyl sites for hydroxylation is 1. The first kappa shape index (κ1) is 15.4. The maximum atomic E-state index is 5.72. The summed E-state index contributed by atoms with van der Waals surface area (Å²) in [7, 11) is 0. The van der Waals surface area contributed by atoms with Gasteiger partial charge in [0, 0.05) is 0 Å². The molecule has 1 saturated carbocycles. The molecule has 0 aliphatic heterocycles. The Bertz CT molecular complexity index is 364. The molecule has 2 rings (SSSR count). The van der Waals surface area contributed by atoms with Crippen LogP contribution < -0.4 is 4.74 Å². The molecule has 0 unspecified atom stereocenters. The van der Waals surface area contributed by atoms with Crippen molar-refractivity contribution in [1.29, 1.82) is 0 Å². The Morgan fingerprint density at radius 3 is 2.55 bits per heavy atom. The Morgan fingerprint density at radius 1 is 1.05 bits per heavy atom. The minimum absolute atomic E-state index is 0.825. The highest BCUT2D eigenvalue weighted by atomic mass is 16.5. The number of ether oxygens (including phenoxy) is 1. The van der Waals surface area contributed by atoms with Crippen LogP contribution in [-0.2, 0) is 6.42 Å². The minimum atomic E-state index is 0.825. The van der Waals surface area contributed by atoms with Crippen molar-refractivity contribution < 1.29 is 4.74 Å². The van der Waals surface area contributed by atoms with Crippen LogP contribution in [0.2, 0.25) is 0 Å². The van der Waals surface area contributed by atoms with Gasteiger partial charge in [-0.05, 0) is 42.9 Å². The molecule has 1 aliphatic carbocycles. The first-order valence-electron chi connectivity index (χ1n) is 8.60. The van der Waals surface area contributed by atoms with E-state index in [1.807, 2.05) is 0 Å². The van der Waals surface area contributed by atoms with Gasteiger partial charge in [-0.2, -0.15) is 0 Å². The summed E-state index contributed by atoms with van der Waals surface area (Å²) < 4.78 is 5.72. The van der Waals surface area contributed by atoms with Gasteiger partial charge < -0.3 is 4.74 Å². The Kier molecular flexibility index (Phi) is 6.97. The summed E-state index contributed by atoms with van der Waals surface area (Å²) in [4.78, 5) is 0. The number of rotatable bonds is 6. The summed E-state index contributed by atoms with van der Waals surface area (Å²) in [6, 6.07) is 8.70. The molecule has 1 fully saturated rings. The monoisotopic (exact) mass is 274 g/mol. The quantitative estimate of drug-likeness (QED) is 0.640. The van der Waals surface area contributed by atoms with Crippen molar-refractivity contribution in [1.82, 2.24) is 0 Å². The number of hydrogen-bond donors (Lipinski definition) is 0. The lowest BCUT2D eigenvalue weighted by Gasteiger charge is -2.19. The van der Waals surface area contributed by atoms with Crippen molar-refractivity contribution in [2.45, 2.75) is 71.1 Å². The Morgan fingerprint density at radius 2 is 1.80 bits per heavy atom. The van der Waals surface area contributed by atoms with Crippen LogP contribution in [0.5, 0.6) is 5.75 Å². The smallest absolute Gasteiger partial charge is 0.119 e. The van der Waals surface area contributed by atoms with Crippen molar-refractivity contribution >= 4 is 0 Å². The largest absolute Gasteiger partial charge is 0.494 e. The van der Waals surface area contributed by atoms with Crippen molar-refractivity contribution in [3.05, 3.63) is 29.8 Å². The first-order chi connectivity index (χ1) is 9.88. The van der Waals surface area contributed by atoms with Crippen molar-refractivity contribution in [2.75, 3.05) is 6.61 Å². The molecule has 1 aliphatic rings. The van der Waals surface area contributed by atoms with Crippen LogP contribution in [0.3, 0.4) is 0 Å². The predicted molar refractivity (Wildman–Crippen MR) is 86.4 cm³/mol. The van der Waals surface area contributed by atoms with E-state index in [1.54, 1.807) is 0 Å². The van der Waals surface area contributed by atoms with Crippen LogP contribution in [0, 0.1) is 5.92 Å². The van der Waals surface area contributed by atoms with Gasteiger partial charge in [0.05, 0.1) is 6.61 Å². The lowest BCUT2D eigenvalue weighted by Crippen LogP contribution is -2.05. The second kappa shape index (κ2) is 9.05. The van der Waals surface area contributed by atoms with Crippen LogP contribution >= 0.6 is 0 Å². The van der Waals surface area contributed by atoms with E-state index in [-0.39, 0.29) is 0 Å². The van der Waals surface area contributed by atoms with Crippen LogP contribution in [0.15, 0.2) is 24.3 Å². The summed E-state index contributed by atoms with van der Waals surface area (Å²) in [5.41, 5.74) is 1.45. The van der Waals surface area contributed by atoms with E-state index in [4.69, 9.17) is 4.74 Å². The third kappa shape index (κ3) is 5.56. The zero-order valence-corrected chi connectivity index (χ0v) is 13.1. The summed E-state index contributed by atoms with van der Waals surface area (Å²) >= 11 is 0. The molecule has 0 radical (unpaired) electrons. The average Bonchev–Trinajstić information content (AvgIpc) is 2.44. The van der Waals surface area contributed by atoms with Gasteiger partial charge in [0.1, 0.15) is 5.75 Å². The molecule has 1 aromatic carbocycles. The standard InChI is InChI=1S/C19H30O/c1-2-15-20-19-12-8-11-18(16-19)14-13-17-9-6-4-3-5-7-10-17/h8,11-12,16-17H,2-7,9-10,13-15H2,1H3. The first-order valence-corrected chi connectivity index (χ1v) is 8.60. The maximum Gasteiger partial charge on any atom is 0.119 e. The molecular weight excluding hydrogens is 244 g/mol. The molecule has 0 bridgehead atoms. The highest BCUT2D eigenvalue weighted by molar-refractivity contribution is 5.28. The fraction of sp³-hybridized carbons (Fsp3) is 0.684. The van der Waals surface area contributed by atoms with E-state index in [2.05, 4.69) is 31.2 Å². The van der Waals surface area contributed by atoms with E-state index in [1.165, 1.54) is 63.4 Å². The van der Waals surface area contributed by atoms with Crippen molar-refractivity contribution in [2.24, 2.45) is 5.92 Å². The van der Waals surface area contributed by atoms with Crippen LogP contribution in [0.1, 0.15) is 70.3 Å². The minimum Gasteiger partial charge on any atom is -0.494 e. The molecule has 0 amide bonds. The van der Waals surface area contributed by atoms with E-state index >= 15 is 0 Å². The van der Waals surface area contributed by atoms with Crippen LogP contribution in [-0.4, -0.2) is 6.61 Å². The van der Waals surface area contributed by atoms with Crippen molar-refractivity contribution in [3.8, 4) is 5.75 Å². The number of hydrogen-bond acceptors (Lipinski definition) is 1. The van der Waals surface area contributed by atoms with E-state index in [0.717, 1.165) is 24.7 Å². The zero-order valence-electron chi connectivity index (χ0n) is 13.1. The van der Waals surface area contributed by atoms with Crippen LogP contribution in [0.4, 0.5) is 0 Å². The fourth-order valence-corrected chi connectivity index (χ4v) is 3.21. The highest BCUT2D eigenvalue weighted by Gasteiger charge is 2.11. The molecule has 0 saturated heterocycles. The lowest BCUT2D eigenvalue weighted by molar-refractivity contribution is 0.317. The van der Waals surface area contributed by atoms with Gasteiger partial charge in [0.15, 0.2) is 0 Å². The van der Waals surface area contributed by atoms with Gasteiger partial charge in [-0.1, -0.05) is 64.0 Å². The van der Waals surface area contributed by atoms with Gasteiger partial charge in [0.2, 0.25) is 0 Å². The van der Waals surface area contributed by atoms with Gasteiger partial charge in [-0.3, -0.25) is 0 Å². The third-order valence-corrected chi connectivity index (χ3v) is 4.44. The van der Waals surface area contributed by atoms with Gasteiger partial charge in [-0.25, -0.2) is 0 Å². The SMILES string of the molecule is CCCOc1cccc(CCC2CCCCCCC2)c1. The predicted octanol–water partition coefficient (Wildman–Crippen LogP) is 5.77. The molecule has 0 aromatic heterocycles. The zero-order chi connectivity index (χ0) is 14.0. The molecule has 1 aromatic rings. The molecule has 0 spiro atoms. The molecule has 0 heterocycles. The molecular formula is C19H30O. The summed E-state index contributed by atoms with van der Waals surface area (Å²) in [6.07, 6.45) is 13.8. The summed E-state index contributed by atoms with van der Waals surface area (Å²) in [6.45, 7) is 2.98. The lowest BCUT2D eigenvalue weighted by atomic mass is 9.87. The van der Waals surface area contributed by atoms with E-state index < -0.39 is 0 Å². The van der Waals surface area contributed by atoms with Gasteiger partial charge in [0.25, 0.3) is 0 Å². The Hall–Kier alpha value is -0.980. The van der Waals surface area contributed by atoms with Gasteiger partial charge >= 0.3 is 0 Å². The second-order valence-corrected chi connectivity index (χ2v) is 6.25. The summed E-state index contributed by atoms with van der Waals surface area (Å²) in [5.74, 6) is 2.00. The van der Waals surface area contributed by atoms with E-state index in [0.29, 0.717) is 0 Å².